The number of fused-ring (bicyclic) bond motifs is 1. The van der Waals surface area contributed by atoms with Gasteiger partial charge in [-0.1, -0.05) is 12.1 Å². The highest BCUT2D eigenvalue weighted by Crippen LogP contribution is 2.23. The van der Waals surface area contributed by atoms with Crippen molar-refractivity contribution in [1.29, 1.82) is 0 Å². The molecular formula is C16H23ClN4O. The molecule has 0 aliphatic carbocycles. The number of anilines is 1. The smallest absolute Gasteiger partial charge is 0.258 e. The third-order valence-electron chi connectivity index (χ3n) is 3.94. The van der Waals surface area contributed by atoms with Crippen molar-refractivity contribution in [3.05, 3.63) is 24.3 Å². The van der Waals surface area contributed by atoms with Gasteiger partial charge in [0.25, 0.3) is 5.88 Å². The van der Waals surface area contributed by atoms with Gasteiger partial charge in [0.05, 0.1) is 17.6 Å². The molecule has 0 bridgehead atoms. The van der Waals surface area contributed by atoms with Crippen LogP contribution in [-0.2, 0) is 0 Å². The molecule has 1 aliphatic heterocycles. The maximum atomic E-state index is 5.87. The Morgan fingerprint density at radius 2 is 2.05 bits per heavy atom. The molecule has 1 atom stereocenters. The van der Waals surface area contributed by atoms with Crippen molar-refractivity contribution < 1.29 is 4.74 Å². The number of hydrogen-bond donors (Lipinski definition) is 2. The molecule has 2 aromatic rings. The fourth-order valence-electron chi connectivity index (χ4n) is 2.74. The van der Waals surface area contributed by atoms with Crippen molar-refractivity contribution >= 4 is 29.3 Å². The summed E-state index contributed by atoms with van der Waals surface area (Å²) < 4.78 is 5.87. The lowest BCUT2D eigenvalue weighted by Gasteiger charge is -2.22. The third kappa shape index (κ3) is 3.99. The number of benzene rings is 1. The zero-order chi connectivity index (χ0) is 14.5. The molecule has 1 unspecified atom stereocenters. The molecule has 1 aromatic heterocycles. The van der Waals surface area contributed by atoms with E-state index in [1.54, 1.807) is 0 Å². The number of piperidine rings is 1. The summed E-state index contributed by atoms with van der Waals surface area (Å²) >= 11 is 0. The van der Waals surface area contributed by atoms with E-state index in [1.807, 2.05) is 31.3 Å². The fourth-order valence-corrected chi connectivity index (χ4v) is 2.74. The summed E-state index contributed by atoms with van der Waals surface area (Å²) in [6.45, 7) is 2.94. The van der Waals surface area contributed by atoms with Crippen LogP contribution >= 0.6 is 12.4 Å². The molecule has 0 amide bonds. The highest BCUT2D eigenvalue weighted by molar-refractivity contribution is 5.85. The number of nitrogens with one attached hydrogen (secondary N) is 2. The molecule has 2 N–H and O–H groups in total. The molecule has 5 nitrogen and oxygen atoms in total. The number of para-hydroxylation sites is 2. The fraction of sp³-hybridized carbons (Fsp3) is 0.500. The van der Waals surface area contributed by atoms with Crippen LogP contribution in [0.25, 0.3) is 11.0 Å². The molecule has 0 spiro atoms. The molecule has 1 fully saturated rings. The van der Waals surface area contributed by atoms with E-state index in [-0.39, 0.29) is 12.4 Å². The normalized spacial score (nSPS) is 17.8. The zero-order valence-corrected chi connectivity index (χ0v) is 13.7. The maximum absolute atomic E-state index is 5.87. The van der Waals surface area contributed by atoms with Crippen molar-refractivity contribution in [1.82, 2.24) is 15.3 Å². The number of hydrogen-bond acceptors (Lipinski definition) is 5. The molecule has 3 rings (SSSR count). The molecular weight excluding hydrogens is 300 g/mol. The second-order valence-electron chi connectivity index (χ2n) is 5.47. The highest BCUT2D eigenvalue weighted by Gasteiger charge is 2.14. The van der Waals surface area contributed by atoms with Crippen LogP contribution in [0.15, 0.2) is 24.3 Å². The van der Waals surface area contributed by atoms with E-state index in [1.165, 1.54) is 12.8 Å². The summed E-state index contributed by atoms with van der Waals surface area (Å²) in [5, 5.41) is 6.50. The van der Waals surface area contributed by atoms with Gasteiger partial charge >= 0.3 is 0 Å². The van der Waals surface area contributed by atoms with Crippen LogP contribution in [0.5, 0.6) is 5.88 Å². The number of ether oxygens (including phenoxy) is 1. The maximum Gasteiger partial charge on any atom is 0.258 e. The van der Waals surface area contributed by atoms with Gasteiger partial charge in [-0.2, -0.15) is 0 Å². The third-order valence-corrected chi connectivity index (χ3v) is 3.94. The summed E-state index contributed by atoms with van der Waals surface area (Å²) in [5.41, 5.74) is 1.75. The second kappa shape index (κ2) is 8.15. The van der Waals surface area contributed by atoms with E-state index in [0.29, 0.717) is 24.2 Å². The lowest BCUT2D eigenvalue weighted by atomic mass is 9.97. The largest absolute Gasteiger partial charge is 0.475 e. The van der Waals surface area contributed by atoms with Gasteiger partial charge < -0.3 is 15.4 Å². The average Bonchev–Trinajstić information content (AvgIpc) is 2.55. The van der Waals surface area contributed by atoms with E-state index in [2.05, 4.69) is 20.6 Å². The van der Waals surface area contributed by atoms with Crippen LogP contribution < -0.4 is 15.4 Å². The lowest BCUT2D eigenvalue weighted by molar-refractivity contribution is 0.248. The summed E-state index contributed by atoms with van der Waals surface area (Å²) in [6.07, 6.45) is 3.62. The van der Waals surface area contributed by atoms with Crippen LogP contribution in [0, 0.1) is 5.92 Å². The second-order valence-corrected chi connectivity index (χ2v) is 5.47. The summed E-state index contributed by atoms with van der Waals surface area (Å²) in [5.74, 6) is 2.01. The minimum Gasteiger partial charge on any atom is -0.475 e. The van der Waals surface area contributed by atoms with Crippen molar-refractivity contribution in [3.63, 3.8) is 0 Å². The van der Waals surface area contributed by atoms with E-state index in [9.17, 15) is 0 Å². The van der Waals surface area contributed by atoms with E-state index >= 15 is 0 Å². The Kier molecular flexibility index (Phi) is 6.21. The van der Waals surface area contributed by atoms with Crippen molar-refractivity contribution in [2.75, 3.05) is 32.1 Å². The quantitative estimate of drug-likeness (QED) is 0.886. The first kappa shape index (κ1) is 16.8. The predicted octanol–water partition coefficient (Wildman–Crippen LogP) is 2.86. The van der Waals surface area contributed by atoms with Gasteiger partial charge in [-0.3, -0.25) is 0 Å². The van der Waals surface area contributed by atoms with Gasteiger partial charge in [-0.05, 0) is 50.4 Å². The monoisotopic (exact) mass is 322 g/mol. The summed E-state index contributed by atoms with van der Waals surface area (Å²) in [4.78, 5) is 9.11. The molecule has 1 saturated heterocycles. The Balaban J connectivity index is 0.00000176. The van der Waals surface area contributed by atoms with Crippen LogP contribution in [0.3, 0.4) is 0 Å². The van der Waals surface area contributed by atoms with Gasteiger partial charge in [0.15, 0.2) is 5.82 Å². The minimum absolute atomic E-state index is 0. The van der Waals surface area contributed by atoms with Crippen molar-refractivity contribution in [3.8, 4) is 5.88 Å². The predicted molar refractivity (Wildman–Crippen MR) is 92.0 cm³/mol. The van der Waals surface area contributed by atoms with Crippen molar-refractivity contribution in [2.45, 2.75) is 19.3 Å². The number of nitrogens with zero attached hydrogens (tertiary/aromatic N) is 2. The summed E-state index contributed by atoms with van der Waals surface area (Å²) in [7, 11) is 1.84. The standard InChI is InChI=1S/C16H22N4O.ClH/c1-17-15-16(20-14-7-3-2-6-13(14)19-15)21-10-8-12-5-4-9-18-11-12;/h2-3,6-7,12,18H,4-5,8-11H2,1H3,(H,17,19);1H. The molecule has 0 radical (unpaired) electrons. The molecule has 2 heterocycles. The van der Waals surface area contributed by atoms with Gasteiger partial charge in [0, 0.05) is 7.05 Å². The van der Waals surface area contributed by atoms with Gasteiger partial charge in [-0.15, -0.1) is 12.4 Å². The van der Waals surface area contributed by atoms with Crippen LogP contribution in [-0.4, -0.2) is 36.7 Å². The average molecular weight is 323 g/mol. The Morgan fingerprint density at radius 1 is 1.27 bits per heavy atom. The topological polar surface area (TPSA) is 59.1 Å². The Bertz CT molecular complexity index is 602. The first-order valence-electron chi connectivity index (χ1n) is 7.65. The highest BCUT2D eigenvalue weighted by atomic mass is 35.5. The lowest BCUT2D eigenvalue weighted by Crippen LogP contribution is -2.30. The van der Waals surface area contributed by atoms with Crippen molar-refractivity contribution in [2.24, 2.45) is 5.92 Å². The number of halogens is 1. The zero-order valence-electron chi connectivity index (χ0n) is 12.8. The Morgan fingerprint density at radius 3 is 2.73 bits per heavy atom. The van der Waals surface area contributed by atoms with E-state index in [0.717, 1.165) is 30.5 Å². The molecule has 6 heteroatoms. The van der Waals surface area contributed by atoms with Gasteiger partial charge in [-0.25, -0.2) is 9.97 Å². The molecule has 120 valence electrons. The summed E-state index contributed by atoms with van der Waals surface area (Å²) in [6, 6.07) is 7.85. The minimum atomic E-state index is 0. The Hall–Kier alpha value is -1.59. The number of rotatable bonds is 5. The van der Waals surface area contributed by atoms with Crippen LogP contribution in [0.4, 0.5) is 5.82 Å². The van der Waals surface area contributed by atoms with E-state index in [4.69, 9.17) is 4.74 Å². The molecule has 1 aliphatic rings. The van der Waals surface area contributed by atoms with Gasteiger partial charge in [0.1, 0.15) is 0 Å². The molecule has 22 heavy (non-hydrogen) atoms. The SMILES string of the molecule is CNc1nc2ccccc2nc1OCCC1CCCNC1.Cl. The molecule has 0 saturated carbocycles. The van der Waals surface area contributed by atoms with E-state index < -0.39 is 0 Å². The first-order chi connectivity index (χ1) is 10.4. The van der Waals surface area contributed by atoms with Gasteiger partial charge in [0.2, 0.25) is 0 Å². The van der Waals surface area contributed by atoms with Crippen LogP contribution in [0.1, 0.15) is 19.3 Å². The van der Waals surface area contributed by atoms with Crippen LogP contribution in [0.2, 0.25) is 0 Å². The first-order valence-corrected chi connectivity index (χ1v) is 7.65. The Labute approximate surface area is 137 Å². The number of aromatic nitrogens is 2. The molecule has 1 aromatic carbocycles.